The molecule has 0 fully saturated rings. The zero-order valence-electron chi connectivity index (χ0n) is 17.8. The number of carbonyl (C=O) groups excluding carboxylic acids is 1. The van der Waals surface area contributed by atoms with Gasteiger partial charge in [0.15, 0.2) is 0 Å². The number of nitrogens with one attached hydrogen (secondary N) is 1. The first-order valence-corrected chi connectivity index (χ1v) is 11.5. The Morgan fingerprint density at radius 1 is 0.879 bits per heavy atom. The summed E-state index contributed by atoms with van der Waals surface area (Å²) in [4.78, 5) is 23.2. The van der Waals surface area contributed by atoms with E-state index in [1.54, 1.807) is 12.4 Å². The van der Waals surface area contributed by atoms with E-state index in [1.807, 2.05) is 60.7 Å². The van der Waals surface area contributed by atoms with Crippen LogP contribution in [0.25, 0.3) is 21.5 Å². The number of fused-ring (bicyclic) bond motifs is 1. The van der Waals surface area contributed by atoms with Crippen molar-refractivity contribution >= 4 is 33.1 Å². The van der Waals surface area contributed by atoms with Gasteiger partial charge in [0.2, 0.25) is 0 Å². The van der Waals surface area contributed by atoms with E-state index in [9.17, 15) is 4.79 Å². The second kappa shape index (κ2) is 9.22. The molecule has 5 aromatic rings. The molecule has 5 nitrogen and oxygen atoms in total. The van der Waals surface area contributed by atoms with Crippen LogP contribution in [0.1, 0.15) is 26.7 Å². The Morgan fingerprint density at radius 2 is 1.52 bits per heavy atom. The van der Waals surface area contributed by atoms with Crippen LogP contribution in [0.15, 0.2) is 97.3 Å². The second-order valence-electron chi connectivity index (χ2n) is 7.71. The first-order valence-electron chi connectivity index (χ1n) is 10.7. The molecule has 3 aromatic heterocycles. The van der Waals surface area contributed by atoms with Gasteiger partial charge < -0.3 is 11.1 Å². The molecule has 33 heavy (non-hydrogen) atoms. The molecule has 0 atom stereocenters. The molecule has 0 radical (unpaired) electrons. The van der Waals surface area contributed by atoms with Crippen LogP contribution in [0.5, 0.6) is 0 Å². The first-order chi connectivity index (χ1) is 16.2. The molecule has 2 aromatic carbocycles. The first kappa shape index (κ1) is 20.8. The van der Waals surface area contributed by atoms with Gasteiger partial charge in [-0.3, -0.25) is 9.78 Å². The fraction of sp³-hybridized carbons (Fsp3) is 0.0741. The van der Waals surface area contributed by atoms with Crippen molar-refractivity contribution < 1.29 is 4.79 Å². The Kier molecular flexibility index (Phi) is 5.83. The smallest absolute Gasteiger partial charge is 0.263 e. The Bertz CT molecular complexity index is 1350. The molecule has 5 rings (SSSR count). The Morgan fingerprint density at radius 3 is 2.15 bits per heavy atom. The van der Waals surface area contributed by atoms with E-state index in [1.165, 1.54) is 11.3 Å². The number of nitrogen functional groups attached to an aromatic ring is 1. The SMILES string of the molecule is Nc1c(C(=O)NCC(c2ccccc2)c2ccccc2)sc2nc(-c3ccncc3)ccc12. The van der Waals surface area contributed by atoms with Gasteiger partial charge in [0.1, 0.15) is 9.71 Å². The summed E-state index contributed by atoms with van der Waals surface area (Å²) in [5.74, 6) is -0.138. The topological polar surface area (TPSA) is 80.9 Å². The lowest BCUT2D eigenvalue weighted by molar-refractivity contribution is 0.0957. The molecular weight excluding hydrogens is 428 g/mol. The highest BCUT2D eigenvalue weighted by atomic mass is 32.1. The number of benzene rings is 2. The molecular formula is C27H22N4OS. The van der Waals surface area contributed by atoms with Crippen molar-refractivity contribution in [2.24, 2.45) is 0 Å². The standard InChI is InChI=1S/C27H22N4OS/c28-24-21-11-12-23(20-13-15-29-16-14-20)31-27(21)33-25(24)26(32)30-17-22(18-7-3-1-4-8-18)19-9-5-2-6-10-19/h1-16,22H,17,28H2,(H,30,32). The summed E-state index contributed by atoms with van der Waals surface area (Å²) >= 11 is 1.32. The highest BCUT2D eigenvalue weighted by molar-refractivity contribution is 7.21. The maximum Gasteiger partial charge on any atom is 0.263 e. The molecule has 0 saturated heterocycles. The van der Waals surface area contributed by atoms with E-state index in [0.717, 1.165) is 32.6 Å². The molecule has 6 heteroatoms. The van der Waals surface area contributed by atoms with Gasteiger partial charge in [0.05, 0.1) is 11.4 Å². The van der Waals surface area contributed by atoms with Gasteiger partial charge in [-0.05, 0) is 35.4 Å². The fourth-order valence-electron chi connectivity index (χ4n) is 3.92. The average Bonchev–Trinajstić information content (AvgIpc) is 3.21. The highest BCUT2D eigenvalue weighted by Gasteiger charge is 2.20. The van der Waals surface area contributed by atoms with Gasteiger partial charge in [-0.15, -0.1) is 11.3 Å². The third kappa shape index (κ3) is 4.33. The second-order valence-corrected chi connectivity index (χ2v) is 8.71. The van der Waals surface area contributed by atoms with Crippen molar-refractivity contribution in [3.8, 4) is 11.3 Å². The number of nitrogens with two attached hydrogens (primary N) is 1. The number of pyridine rings is 2. The van der Waals surface area contributed by atoms with Crippen molar-refractivity contribution in [1.29, 1.82) is 0 Å². The number of hydrogen-bond acceptors (Lipinski definition) is 5. The number of anilines is 1. The number of thiophene rings is 1. The zero-order chi connectivity index (χ0) is 22.6. The number of carbonyl (C=O) groups is 1. The number of hydrogen-bond donors (Lipinski definition) is 2. The Labute approximate surface area is 196 Å². The molecule has 0 aliphatic rings. The van der Waals surface area contributed by atoms with Crippen LogP contribution in [-0.2, 0) is 0 Å². The minimum absolute atomic E-state index is 0.0448. The van der Waals surface area contributed by atoms with Gasteiger partial charge >= 0.3 is 0 Å². The van der Waals surface area contributed by atoms with Gasteiger partial charge in [0, 0.05) is 35.8 Å². The predicted octanol–water partition coefficient (Wildman–Crippen LogP) is 5.50. The molecule has 3 heterocycles. The van der Waals surface area contributed by atoms with E-state index >= 15 is 0 Å². The van der Waals surface area contributed by atoms with Crippen molar-refractivity contribution in [1.82, 2.24) is 15.3 Å². The quantitative estimate of drug-likeness (QED) is 0.358. The third-order valence-corrected chi connectivity index (χ3v) is 6.76. The molecule has 3 N–H and O–H groups in total. The van der Waals surface area contributed by atoms with E-state index < -0.39 is 0 Å². The molecule has 1 amide bonds. The summed E-state index contributed by atoms with van der Waals surface area (Å²) in [6.07, 6.45) is 3.47. The Hall–Kier alpha value is -4.03. The average molecular weight is 451 g/mol. The lowest BCUT2D eigenvalue weighted by Gasteiger charge is -2.18. The summed E-state index contributed by atoms with van der Waals surface area (Å²) in [5, 5.41) is 3.90. The van der Waals surface area contributed by atoms with Crippen molar-refractivity contribution in [3.05, 3.63) is 113 Å². The third-order valence-electron chi connectivity index (χ3n) is 5.65. The van der Waals surface area contributed by atoms with Crippen molar-refractivity contribution in [3.63, 3.8) is 0 Å². The lowest BCUT2D eigenvalue weighted by atomic mass is 9.91. The van der Waals surface area contributed by atoms with Gasteiger partial charge in [0.25, 0.3) is 5.91 Å². The molecule has 0 saturated carbocycles. The van der Waals surface area contributed by atoms with E-state index in [4.69, 9.17) is 10.7 Å². The summed E-state index contributed by atoms with van der Waals surface area (Å²) in [5.41, 5.74) is 10.9. The van der Waals surface area contributed by atoms with Crippen LogP contribution >= 0.6 is 11.3 Å². The van der Waals surface area contributed by atoms with Crippen LogP contribution < -0.4 is 11.1 Å². The van der Waals surface area contributed by atoms with Gasteiger partial charge in [-0.1, -0.05) is 60.7 Å². The fourth-order valence-corrected chi connectivity index (χ4v) is 4.93. The number of nitrogens with zero attached hydrogens (tertiary/aromatic N) is 2. The van der Waals surface area contributed by atoms with E-state index in [0.29, 0.717) is 17.1 Å². The zero-order valence-corrected chi connectivity index (χ0v) is 18.6. The van der Waals surface area contributed by atoms with Crippen LogP contribution in [-0.4, -0.2) is 22.4 Å². The largest absolute Gasteiger partial charge is 0.397 e. The lowest BCUT2D eigenvalue weighted by Crippen LogP contribution is -2.28. The maximum atomic E-state index is 13.1. The van der Waals surface area contributed by atoms with Crippen LogP contribution in [0, 0.1) is 0 Å². The molecule has 0 aliphatic carbocycles. The predicted molar refractivity (Wildman–Crippen MR) is 134 cm³/mol. The van der Waals surface area contributed by atoms with E-state index in [2.05, 4.69) is 34.6 Å². The minimum Gasteiger partial charge on any atom is -0.397 e. The summed E-state index contributed by atoms with van der Waals surface area (Å²) < 4.78 is 0. The highest BCUT2D eigenvalue weighted by Crippen LogP contribution is 2.34. The number of amides is 1. The molecule has 162 valence electrons. The van der Waals surface area contributed by atoms with Crippen LogP contribution in [0.2, 0.25) is 0 Å². The molecule has 0 unspecified atom stereocenters. The number of aromatic nitrogens is 2. The number of rotatable bonds is 6. The monoisotopic (exact) mass is 450 g/mol. The van der Waals surface area contributed by atoms with Crippen LogP contribution in [0.3, 0.4) is 0 Å². The summed E-state index contributed by atoms with van der Waals surface area (Å²) in [6, 6.07) is 28.1. The minimum atomic E-state index is -0.183. The van der Waals surface area contributed by atoms with Crippen LogP contribution in [0.4, 0.5) is 5.69 Å². The van der Waals surface area contributed by atoms with E-state index in [-0.39, 0.29) is 11.8 Å². The molecule has 0 bridgehead atoms. The normalized spacial score (nSPS) is 11.1. The van der Waals surface area contributed by atoms with Crippen molar-refractivity contribution in [2.75, 3.05) is 12.3 Å². The van der Waals surface area contributed by atoms with Crippen molar-refractivity contribution in [2.45, 2.75) is 5.92 Å². The maximum absolute atomic E-state index is 13.1. The van der Waals surface area contributed by atoms with Gasteiger partial charge in [-0.2, -0.15) is 0 Å². The molecule has 0 spiro atoms. The summed E-state index contributed by atoms with van der Waals surface area (Å²) in [6.45, 7) is 0.468. The van der Waals surface area contributed by atoms with Gasteiger partial charge in [-0.25, -0.2) is 4.98 Å². The Balaban J connectivity index is 1.40. The molecule has 0 aliphatic heterocycles. The summed E-state index contributed by atoms with van der Waals surface area (Å²) in [7, 11) is 0.